The first kappa shape index (κ1) is 28.7. The summed E-state index contributed by atoms with van der Waals surface area (Å²) in [4.78, 5) is 26.0. The number of hydrogen-bond acceptors (Lipinski definition) is 5. The molecule has 3 aliphatic rings. The molecule has 0 aromatic heterocycles. The number of hydrogen-bond donors (Lipinski definition) is 2. The maximum absolute atomic E-state index is 13.0. The lowest BCUT2D eigenvalue weighted by atomic mass is 9.79. The zero-order chi connectivity index (χ0) is 27.9. The fraction of sp³-hybridized carbons (Fsp3) is 0.400. The van der Waals surface area contributed by atoms with Gasteiger partial charge in [0.2, 0.25) is 5.91 Å². The Balaban J connectivity index is 1.29. The van der Waals surface area contributed by atoms with Crippen molar-refractivity contribution in [3.05, 3.63) is 83.5 Å². The van der Waals surface area contributed by atoms with E-state index in [1.54, 1.807) is 0 Å². The molecule has 1 unspecified atom stereocenters. The molecular formula is C30H38N4O4S. The van der Waals surface area contributed by atoms with Gasteiger partial charge in [0.15, 0.2) is 0 Å². The first-order valence-electron chi connectivity index (χ1n) is 13.5. The molecule has 8 nitrogen and oxygen atoms in total. The molecule has 2 N–H and O–H groups in total. The molecule has 4 rings (SSSR count). The third-order valence-corrected chi connectivity index (χ3v) is 9.02. The second kappa shape index (κ2) is 12.7. The van der Waals surface area contributed by atoms with Gasteiger partial charge in [0, 0.05) is 38.4 Å². The molecule has 39 heavy (non-hydrogen) atoms. The van der Waals surface area contributed by atoms with E-state index in [1.165, 1.54) is 16.8 Å². The minimum absolute atomic E-state index is 0.0412. The zero-order valence-electron chi connectivity index (χ0n) is 22.7. The fourth-order valence-electron chi connectivity index (χ4n) is 4.92. The summed E-state index contributed by atoms with van der Waals surface area (Å²) in [6.45, 7) is 5.93. The number of amides is 1. The van der Waals surface area contributed by atoms with Crippen LogP contribution in [0.5, 0.6) is 0 Å². The van der Waals surface area contributed by atoms with Crippen molar-refractivity contribution in [2.45, 2.75) is 39.2 Å². The second-order valence-corrected chi connectivity index (χ2v) is 12.2. The lowest BCUT2D eigenvalue weighted by molar-refractivity contribution is -0.127. The Hall–Kier alpha value is -3.27. The van der Waals surface area contributed by atoms with Crippen molar-refractivity contribution in [2.24, 2.45) is 5.41 Å². The van der Waals surface area contributed by atoms with Gasteiger partial charge in [-0.1, -0.05) is 66.3 Å². The van der Waals surface area contributed by atoms with E-state index >= 15 is 0 Å². The lowest BCUT2D eigenvalue weighted by Gasteiger charge is -2.35. The van der Waals surface area contributed by atoms with Gasteiger partial charge in [-0.2, -0.15) is 17.4 Å². The summed E-state index contributed by atoms with van der Waals surface area (Å²) >= 11 is 0. The van der Waals surface area contributed by atoms with Crippen LogP contribution in [0, 0.1) is 5.41 Å². The van der Waals surface area contributed by atoms with Crippen LogP contribution in [0.4, 0.5) is 5.69 Å². The van der Waals surface area contributed by atoms with Gasteiger partial charge in [-0.15, -0.1) is 0 Å². The van der Waals surface area contributed by atoms with Gasteiger partial charge in [-0.3, -0.25) is 4.79 Å². The molecule has 9 heteroatoms. The average molecular weight is 551 g/mol. The van der Waals surface area contributed by atoms with Gasteiger partial charge in [0.25, 0.3) is 10.2 Å². The summed E-state index contributed by atoms with van der Waals surface area (Å²) in [5.41, 5.74) is 3.84. The molecule has 1 aromatic rings. The van der Waals surface area contributed by atoms with E-state index in [2.05, 4.69) is 45.3 Å². The third-order valence-electron chi connectivity index (χ3n) is 7.31. The summed E-state index contributed by atoms with van der Waals surface area (Å²) in [6.07, 6.45) is 19.6. The van der Waals surface area contributed by atoms with Crippen molar-refractivity contribution in [3.63, 3.8) is 0 Å². The molecule has 1 aliphatic heterocycles. The molecule has 1 saturated heterocycles. The number of benzene rings is 1. The van der Waals surface area contributed by atoms with Gasteiger partial charge in [0.05, 0.1) is 11.5 Å². The molecule has 208 valence electrons. The molecule has 1 amide bonds. The van der Waals surface area contributed by atoms with Crippen molar-refractivity contribution in [1.29, 1.82) is 0 Å². The number of anilines is 1. The van der Waals surface area contributed by atoms with Crippen LogP contribution >= 0.6 is 0 Å². The van der Waals surface area contributed by atoms with Gasteiger partial charge >= 0.3 is 0 Å². The van der Waals surface area contributed by atoms with Crippen LogP contribution in [0.1, 0.15) is 38.7 Å². The van der Waals surface area contributed by atoms with E-state index in [-0.39, 0.29) is 5.91 Å². The number of rotatable bonds is 10. The first-order valence-corrected chi connectivity index (χ1v) is 14.9. The van der Waals surface area contributed by atoms with Crippen LogP contribution in [-0.2, 0) is 19.8 Å². The van der Waals surface area contributed by atoms with E-state index in [1.807, 2.05) is 49.4 Å². The van der Waals surface area contributed by atoms with Crippen LogP contribution in [0.3, 0.4) is 0 Å². The van der Waals surface area contributed by atoms with Crippen molar-refractivity contribution < 1.29 is 18.0 Å². The predicted octanol–water partition coefficient (Wildman–Crippen LogP) is 3.53. The molecular weight excluding hydrogens is 512 g/mol. The zero-order valence-corrected chi connectivity index (χ0v) is 23.5. The molecule has 2 atom stereocenters. The van der Waals surface area contributed by atoms with Crippen molar-refractivity contribution >= 4 is 34.2 Å². The summed E-state index contributed by atoms with van der Waals surface area (Å²) < 4.78 is 28.6. The molecule has 0 radical (unpaired) electrons. The predicted molar refractivity (Wildman–Crippen MR) is 156 cm³/mol. The van der Waals surface area contributed by atoms with Crippen LogP contribution < -0.4 is 14.9 Å². The highest BCUT2D eigenvalue weighted by Gasteiger charge is 2.32. The van der Waals surface area contributed by atoms with E-state index in [0.29, 0.717) is 45.4 Å². The normalized spacial score (nSPS) is 22.9. The van der Waals surface area contributed by atoms with Gasteiger partial charge in [-0.05, 0) is 56.4 Å². The highest BCUT2D eigenvalue weighted by Crippen LogP contribution is 2.32. The first-order chi connectivity index (χ1) is 18.7. The maximum Gasteiger partial charge on any atom is 0.280 e. The third kappa shape index (κ3) is 7.65. The lowest BCUT2D eigenvalue weighted by Crippen LogP contribution is -2.53. The van der Waals surface area contributed by atoms with Crippen LogP contribution in [-0.4, -0.2) is 63.7 Å². The van der Waals surface area contributed by atoms with E-state index < -0.39 is 21.7 Å². The Morgan fingerprint density at radius 2 is 1.82 bits per heavy atom. The van der Waals surface area contributed by atoms with Crippen LogP contribution in [0.15, 0.2) is 77.9 Å². The smallest absolute Gasteiger partial charge is 0.280 e. The van der Waals surface area contributed by atoms with Crippen LogP contribution in [0.2, 0.25) is 0 Å². The Kier molecular flexibility index (Phi) is 9.37. The number of carbonyl (C=O) groups excluding carboxylic acids is 2. The minimum atomic E-state index is -3.67. The minimum Gasteiger partial charge on any atom is -0.369 e. The number of carbonyl (C=O) groups is 2. The Bertz CT molecular complexity index is 1300. The second-order valence-electron chi connectivity index (χ2n) is 10.5. The summed E-state index contributed by atoms with van der Waals surface area (Å²) in [6, 6.07) is 7.41. The standard InChI is InChI=1S/C30H38N4O4S/c1-24(23-35)32-39(37,38)34-19-17-33(18-20-34)28-14-12-25(13-15-28)10-11-26-9-6-16-30(2,21-26)29(36)31-22-27-7-4-3-5-8-27/h3-4,6-7,9-16,23-24,32H,5,8,17-22H2,1-2H3,(H,31,36)/b11-10+/t24-,30?/m1/s1. The highest BCUT2D eigenvalue weighted by atomic mass is 32.2. The molecule has 0 saturated carbocycles. The van der Waals surface area contributed by atoms with E-state index in [0.717, 1.165) is 29.7 Å². The molecule has 2 aliphatic carbocycles. The number of aldehydes is 1. The Morgan fingerprint density at radius 3 is 2.49 bits per heavy atom. The Labute approximate surface area is 232 Å². The monoisotopic (exact) mass is 550 g/mol. The molecule has 1 heterocycles. The Morgan fingerprint density at radius 1 is 1.08 bits per heavy atom. The molecule has 1 fully saturated rings. The summed E-state index contributed by atoms with van der Waals surface area (Å²) in [5, 5.41) is 3.11. The molecule has 0 bridgehead atoms. The van der Waals surface area contributed by atoms with Crippen molar-refractivity contribution in [1.82, 2.24) is 14.3 Å². The molecule has 0 spiro atoms. The topological polar surface area (TPSA) is 98.8 Å². The summed E-state index contributed by atoms with van der Waals surface area (Å²) in [5.74, 6) is 0.0412. The summed E-state index contributed by atoms with van der Waals surface area (Å²) in [7, 11) is -3.67. The fourth-order valence-corrected chi connectivity index (χ4v) is 6.23. The van der Waals surface area contributed by atoms with Gasteiger partial charge in [-0.25, -0.2) is 0 Å². The number of nitrogens with one attached hydrogen (secondary N) is 2. The van der Waals surface area contributed by atoms with E-state index in [9.17, 15) is 18.0 Å². The number of allylic oxidation sites excluding steroid dienone is 7. The van der Waals surface area contributed by atoms with Crippen LogP contribution in [0.25, 0.3) is 6.08 Å². The maximum atomic E-state index is 13.0. The SMILES string of the molecule is C[C@H](C=O)NS(=O)(=O)N1CCN(c2ccc(/C=C/C3=CC=CC(C)(C(=O)NCC4=CC=CCC4)C3)cc2)CC1. The number of piperazine rings is 1. The highest BCUT2D eigenvalue weighted by molar-refractivity contribution is 7.87. The largest absolute Gasteiger partial charge is 0.369 e. The van der Waals surface area contributed by atoms with Gasteiger partial charge in [0.1, 0.15) is 6.29 Å². The van der Waals surface area contributed by atoms with Crippen molar-refractivity contribution in [3.8, 4) is 0 Å². The quantitative estimate of drug-likeness (QED) is 0.435. The van der Waals surface area contributed by atoms with Gasteiger partial charge < -0.3 is 15.0 Å². The van der Waals surface area contributed by atoms with E-state index in [4.69, 9.17) is 0 Å². The molecule has 1 aromatic carbocycles. The van der Waals surface area contributed by atoms with Crippen molar-refractivity contribution in [2.75, 3.05) is 37.6 Å². The average Bonchev–Trinajstić information content (AvgIpc) is 2.95. The number of nitrogens with zero attached hydrogens (tertiary/aromatic N) is 2.